The number of carbonyl (C=O) groups is 1. The summed E-state index contributed by atoms with van der Waals surface area (Å²) in [6.45, 7) is 1.64. The second-order valence-corrected chi connectivity index (χ2v) is 6.43. The second kappa shape index (κ2) is 4.96. The van der Waals surface area contributed by atoms with Crippen molar-refractivity contribution >= 4 is 33.6 Å². The van der Waals surface area contributed by atoms with E-state index in [0.29, 0.717) is 17.6 Å². The number of hydrogen-bond acceptors (Lipinski definition) is 4. The molecule has 2 unspecified atom stereocenters. The molecule has 7 nitrogen and oxygen atoms in total. The first-order chi connectivity index (χ1) is 10.2. The summed E-state index contributed by atoms with van der Waals surface area (Å²) in [5, 5.41) is 14.4. The van der Waals surface area contributed by atoms with Gasteiger partial charge in [0.1, 0.15) is 0 Å². The number of amides is 2. The number of urea groups is 1. The maximum Gasteiger partial charge on any atom is 0.324 e. The highest BCUT2D eigenvalue weighted by atomic mass is 79.9. The Morgan fingerprint density at radius 3 is 3.00 bits per heavy atom. The number of hydrogen-bond donors (Lipinski definition) is 2. The number of anilines is 1. The highest BCUT2D eigenvalue weighted by Crippen LogP contribution is 2.23. The van der Waals surface area contributed by atoms with E-state index in [1.54, 1.807) is 4.40 Å². The first-order valence-corrected chi connectivity index (χ1v) is 7.81. The summed E-state index contributed by atoms with van der Waals surface area (Å²) in [5.74, 6) is 0.450. The van der Waals surface area contributed by atoms with Crippen LogP contribution in [-0.4, -0.2) is 50.7 Å². The minimum absolute atomic E-state index is 0.0968. The van der Waals surface area contributed by atoms with Gasteiger partial charge >= 0.3 is 6.03 Å². The van der Waals surface area contributed by atoms with Crippen molar-refractivity contribution in [2.24, 2.45) is 0 Å². The zero-order valence-electron chi connectivity index (χ0n) is 11.3. The minimum atomic E-state index is -0.0968. The van der Waals surface area contributed by atoms with E-state index in [-0.39, 0.29) is 12.1 Å². The van der Waals surface area contributed by atoms with Crippen LogP contribution in [0.15, 0.2) is 22.8 Å². The van der Waals surface area contributed by atoms with Gasteiger partial charge in [-0.25, -0.2) is 4.79 Å². The molecule has 0 aromatic carbocycles. The third-order valence-corrected chi connectivity index (χ3v) is 4.66. The molecule has 8 heteroatoms. The largest absolute Gasteiger partial charge is 0.324 e. The van der Waals surface area contributed by atoms with Gasteiger partial charge in [-0.15, -0.1) is 10.2 Å². The van der Waals surface area contributed by atoms with E-state index in [1.165, 1.54) is 0 Å². The molecule has 110 valence electrons. The maximum absolute atomic E-state index is 12.5. The van der Waals surface area contributed by atoms with Crippen molar-refractivity contribution in [2.75, 3.05) is 18.4 Å². The molecule has 0 saturated carbocycles. The monoisotopic (exact) mass is 350 g/mol. The predicted molar refractivity (Wildman–Crippen MR) is 81.2 cm³/mol. The summed E-state index contributed by atoms with van der Waals surface area (Å²) >= 11 is 3.41. The second-order valence-electron chi connectivity index (χ2n) is 5.52. The Bertz CT molecular complexity index is 693. The van der Waals surface area contributed by atoms with Crippen molar-refractivity contribution in [1.82, 2.24) is 24.8 Å². The predicted octanol–water partition coefficient (Wildman–Crippen LogP) is 1.46. The summed E-state index contributed by atoms with van der Waals surface area (Å²) in [5.41, 5.74) is 0.704. The summed E-state index contributed by atoms with van der Waals surface area (Å²) < 4.78 is 2.68. The quantitative estimate of drug-likeness (QED) is 0.816. The normalized spacial score (nSPS) is 24.5. The molecular weight excluding hydrogens is 336 g/mol. The number of piperidine rings is 2. The van der Waals surface area contributed by atoms with E-state index < -0.39 is 0 Å². The Balaban J connectivity index is 1.57. The molecule has 3 aliphatic rings. The molecule has 2 aromatic heterocycles. The van der Waals surface area contributed by atoms with E-state index in [0.717, 1.165) is 30.4 Å². The number of piperazine rings is 1. The number of pyridine rings is 1. The molecule has 5 rings (SSSR count). The zero-order valence-corrected chi connectivity index (χ0v) is 12.9. The molecule has 3 fully saturated rings. The van der Waals surface area contributed by atoms with Gasteiger partial charge in [-0.05, 0) is 40.9 Å². The van der Waals surface area contributed by atoms with Gasteiger partial charge in [0.25, 0.3) is 0 Å². The van der Waals surface area contributed by atoms with Crippen LogP contribution in [0.2, 0.25) is 0 Å². The van der Waals surface area contributed by atoms with Crippen LogP contribution in [0.3, 0.4) is 0 Å². The van der Waals surface area contributed by atoms with Crippen molar-refractivity contribution in [3.05, 3.63) is 22.8 Å². The molecule has 3 saturated heterocycles. The van der Waals surface area contributed by atoms with Gasteiger partial charge in [0.05, 0.1) is 0 Å². The van der Waals surface area contributed by atoms with Crippen LogP contribution in [0.25, 0.3) is 5.65 Å². The molecule has 2 amide bonds. The number of rotatable bonds is 1. The molecule has 21 heavy (non-hydrogen) atoms. The lowest BCUT2D eigenvalue weighted by atomic mass is 9.93. The third-order valence-electron chi connectivity index (χ3n) is 4.19. The molecule has 2 atom stereocenters. The number of nitrogens with zero attached hydrogens (tertiary/aromatic N) is 4. The van der Waals surface area contributed by atoms with Crippen LogP contribution < -0.4 is 10.6 Å². The maximum atomic E-state index is 12.5. The van der Waals surface area contributed by atoms with Crippen molar-refractivity contribution in [3.8, 4) is 0 Å². The fraction of sp³-hybridized carbons (Fsp3) is 0.462. The van der Waals surface area contributed by atoms with E-state index in [4.69, 9.17) is 0 Å². The summed E-state index contributed by atoms with van der Waals surface area (Å²) in [6, 6.07) is 4.34. The highest BCUT2D eigenvalue weighted by molar-refractivity contribution is 9.10. The van der Waals surface area contributed by atoms with Crippen LogP contribution in [0.5, 0.6) is 0 Å². The molecule has 0 spiro atoms. The summed E-state index contributed by atoms with van der Waals surface area (Å²) in [7, 11) is 0. The Morgan fingerprint density at radius 1 is 1.38 bits per heavy atom. The first-order valence-electron chi connectivity index (χ1n) is 7.02. The number of halogens is 1. The van der Waals surface area contributed by atoms with Crippen LogP contribution in [0.4, 0.5) is 10.7 Å². The Morgan fingerprint density at radius 2 is 2.29 bits per heavy atom. The Labute approximate surface area is 129 Å². The fourth-order valence-electron chi connectivity index (χ4n) is 3.08. The number of nitrogens with one attached hydrogen (secondary N) is 2. The van der Waals surface area contributed by atoms with Gasteiger partial charge in [0.15, 0.2) is 5.65 Å². The molecule has 5 heterocycles. The minimum Gasteiger partial charge on any atom is -0.319 e. The van der Waals surface area contributed by atoms with Crippen LogP contribution >= 0.6 is 15.9 Å². The SMILES string of the molecule is O=C(Nc1nnc2ccc(Br)cn12)N1CC2CCC1CN2. The van der Waals surface area contributed by atoms with Gasteiger partial charge in [-0.3, -0.25) is 9.72 Å². The van der Waals surface area contributed by atoms with Gasteiger partial charge in [0, 0.05) is 35.8 Å². The van der Waals surface area contributed by atoms with Gasteiger partial charge < -0.3 is 10.2 Å². The lowest BCUT2D eigenvalue weighted by Crippen LogP contribution is -2.63. The average molecular weight is 351 g/mol. The van der Waals surface area contributed by atoms with Gasteiger partial charge in [0.2, 0.25) is 5.95 Å². The number of carbonyl (C=O) groups excluding carboxylic acids is 1. The molecule has 2 aromatic rings. The zero-order chi connectivity index (χ0) is 14.4. The van der Waals surface area contributed by atoms with Crippen LogP contribution in [0.1, 0.15) is 12.8 Å². The molecule has 3 aliphatic heterocycles. The Kier molecular flexibility index (Phi) is 3.07. The van der Waals surface area contributed by atoms with Crippen molar-refractivity contribution < 1.29 is 4.79 Å². The molecule has 2 N–H and O–H groups in total. The van der Waals surface area contributed by atoms with Gasteiger partial charge in [-0.1, -0.05) is 0 Å². The van der Waals surface area contributed by atoms with E-state index in [2.05, 4.69) is 36.8 Å². The van der Waals surface area contributed by atoms with E-state index in [1.807, 2.05) is 23.2 Å². The molecular formula is C13H15BrN6O. The smallest absolute Gasteiger partial charge is 0.319 e. The summed E-state index contributed by atoms with van der Waals surface area (Å²) in [4.78, 5) is 14.4. The average Bonchev–Trinajstić information content (AvgIpc) is 2.90. The first kappa shape index (κ1) is 13.0. The van der Waals surface area contributed by atoms with Crippen LogP contribution in [0, 0.1) is 0 Å². The fourth-order valence-corrected chi connectivity index (χ4v) is 3.41. The van der Waals surface area contributed by atoms with E-state index >= 15 is 0 Å². The van der Waals surface area contributed by atoms with Crippen molar-refractivity contribution in [2.45, 2.75) is 24.9 Å². The van der Waals surface area contributed by atoms with Gasteiger partial charge in [-0.2, -0.15) is 0 Å². The number of fused-ring (bicyclic) bond motifs is 4. The topological polar surface area (TPSA) is 74.6 Å². The van der Waals surface area contributed by atoms with Crippen LogP contribution in [-0.2, 0) is 0 Å². The Hall–Kier alpha value is -1.67. The molecule has 0 aliphatic carbocycles. The number of aromatic nitrogens is 3. The summed E-state index contributed by atoms with van der Waals surface area (Å²) in [6.07, 6.45) is 4.06. The highest BCUT2D eigenvalue weighted by Gasteiger charge is 2.36. The van der Waals surface area contributed by atoms with Crippen molar-refractivity contribution in [3.63, 3.8) is 0 Å². The lowest BCUT2D eigenvalue weighted by Gasteiger charge is -2.45. The molecule has 2 bridgehead atoms. The molecule has 0 radical (unpaired) electrons. The lowest BCUT2D eigenvalue weighted by molar-refractivity contribution is 0.106. The van der Waals surface area contributed by atoms with Crippen molar-refractivity contribution in [1.29, 1.82) is 0 Å². The third kappa shape index (κ3) is 2.28. The van der Waals surface area contributed by atoms with E-state index in [9.17, 15) is 4.79 Å². The standard InChI is InChI=1S/C13H15BrN6O/c14-8-1-4-11-17-18-12(20(11)6-8)16-13(21)19-7-9-2-3-10(19)5-15-9/h1,4,6,9-10,15H,2-3,5,7H2,(H,16,18,21).